The second-order valence-electron chi connectivity index (χ2n) is 2.20. The van der Waals surface area contributed by atoms with E-state index in [0.29, 0.717) is 0 Å². The summed E-state index contributed by atoms with van der Waals surface area (Å²) in [5.74, 6) is 0. The molecule has 0 unspecified atom stereocenters. The number of allylic oxidation sites excluding steroid dienone is 1. The molecule has 0 radical (unpaired) electrons. The van der Waals surface area contributed by atoms with Crippen LogP contribution in [0.5, 0.6) is 0 Å². The van der Waals surface area contributed by atoms with Gasteiger partial charge >= 0.3 is 0 Å². The van der Waals surface area contributed by atoms with Crippen molar-refractivity contribution >= 4 is 6.21 Å². The minimum absolute atomic E-state index is 1.15. The average molecular weight is 109 g/mol. The summed E-state index contributed by atoms with van der Waals surface area (Å²) in [5.41, 5.74) is 1.40. The van der Waals surface area contributed by atoms with Gasteiger partial charge < -0.3 is 0 Å². The fourth-order valence-corrected chi connectivity index (χ4v) is 0.791. The van der Waals surface area contributed by atoms with Crippen LogP contribution in [-0.2, 0) is 0 Å². The standard InChI is InChI=1S/C7H11N/c1-7-4-2-3-5-8-6-7/h5-6H,2-4H2,1H3. The SMILES string of the molecule is CC1=CN=CCCC1. The minimum atomic E-state index is 1.15. The Morgan fingerprint density at radius 2 is 2.50 bits per heavy atom. The predicted molar refractivity (Wildman–Crippen MR) is 36.1 cm³/mol. The van der Waals surface area contributed by atoms with E-state index in [9.17, 15) is 0 Å². The number of aliphatic imine (C=N–C) groups is 1. The largest absolute Gasteiger partial charge is 0.269 e. The Bertz CT molecular complexity index is 122. The van der Waals surface area contributed by atoms with Crippen molar-refractivity contribution in [3.05, 3.63) is 11.8 Å². The smallest absolute Gasteiger partial charge is 0.0253 e. The van der Waals surface area contributed by atoms with Crippen LogP contribution >= 0.6 is 0 Å². The highest BCUT2D eigenvalue weighted by atomic mass is 14.7. The van der Waals surface area contributed by atoms with Crippen molar-refractivity contribution in [1.29, 1.82) is 0 Å². The monoisotopic (exact) mass is 109 g/mol. The molecule has 0 aromatic heterocycles. The van der Waals surface area contributed by atoms with Crippen molar-refractivity contribution in [2.24, 2.45) is 4.99 Å². The highest BCUT2D eigenvalue weighted by Crippen LogP contribution is 2.07. The first kappa shape index (κ1) is 5.54. The van der Waals surface area contributed by atoms with Crippen molar-refractivity contribution in [3.8, 4) is 0 Å². The topological polar surface area (TPSA) is 12.4 Å². The molecular weight excluding hydrogens is 98.1 g/mol. The van der Waals surface area contributed by atoms with Crippen LogP contribution in [0.4, 0.5) is 0 Å². The fraction of sp³-hybridized carbons (Fsp3) is 0.571. The Hall–Kier alpha value is -0.590. The van der Waals surface area contributed by atoms with Crippen LogP contribution in [0.25, 0.3) is 0 Å². The molecule has 0 aliphatic carbocycles. The van der Waals surface area contributed by atoms with Gasteiger partial charge in [-0.05, 0) is 26.2 Å². The molecule has 0 atom stereocenters. The van der Waals surface area contributed by atoms with E-state index in [1.807, 2.05) is 12.4 Å². The molecule has 0 aromatic rings. The molecule has 44 valence electrons. The molecule has 0 fully saturated rings. The third-order valence-corrected chi connectivity index (χ3v) is 1.30. The van der Waals surface area contributed by atoms with E-state index in [-0.39, 0.29) is 0 Å². The molecule has 0 aromatic carbocycles. The molecule has 0 saturated heterocycles. The van der Waals surface area contributed by atoms with Crippen molar-refractivity contribution in [2.45, 2.75) is 26.2 Å². The van der Waals surface area contributed by atoms with Gasteiger partial charge in [-0.2, -0.15) is 0 Å². The summed E-state index contributed by atoms with van der Waals surface area (Å²) >= 11 is 0. The van der Waals surface area contributed by atoms with E-state index in [0.717, 1.165) is 6.42 Å². The maximum Gasteiger partial charge on any atom is 0.0253 e. The maximum atomic E-state index is 4.06. The second-order valence-corrected chi connectivity index (χ2v) is 2.20. The minimum Gasteiger partial charge on any atom is -0.269 e. The van der Waals surface area contributed by atoms with Crippen molar-refractivity contribution in [2.75, 3.05) is 0 Å². The number of rotatable bonds is 0. The zero-order chi connectivity index (χ0) is 5.82. The van der Waals surface area contributed by atoms with Crippen LogP contribution < -0.4 is 0 Å². The molecule has 1 heteroatoms. The van der Waals surface area contributed by atoms with Gasteiger partial charge in [-0.25, -0.2) is 0 Å². The molecule has 1 aliphatic rings. The number of hydrogen-bond acceptors (Lipinski definition) is 1. The summed E-state index contributed by atoms with van der Waals surface area (Å²) < 4.78 is 0. The third-order valence-electron chi connectivity index (χ3n) is 1.30. The molecule has 1 aliphatic heterocycles. The zero-order valence-electron chi connectivity index (χ0n) is 5.22. The molecule has 8 heavy (non-hydrogen) atoms. The lowest BCUT2D eigenvalue weighted by Gasteiger charge is -1.90. The zero-order valence-corrected chi connectivity index (χ0v) is 5.22. The maximum absolute atomic E-state index is 4.06. The van der Waals surface area contributed by atoms with E-state index in [1.165, 1.54) is 18.4 Å². The van der Waals surface area contributed by atoms with Gasteiger partial charge in [-0.3, -0.25) is 4.99 Å². The Balaban J connectivity index is 2.52. The number of hydrogen-bond donors (Lipinski definition) is 0. The lowest BCUT2D eigenvalue weighted by molar-refractivity contribution is 0.870. The molecule has 0 saturated carbocycles. The van der Waals surface area contributed by atoms with Gasteiger partial charge in [0, 0.05) is 12.4 Å². The van der Waals surface area contributed by atoms with Crippen LogP contribution in [0.2, 0.25) is 0 Å². The summed E-state index contributed by atoms with van der Waals surface area (Å²) in [6, 6.07) is 0. The average Bonchev–Trinajstić information content (AvgIpc) is 1.94. The Morgan fingerprint density at radius 1 is 1.62 bits per heavy atom. The van der Waals surface area contributed by atoms with Crippen LogP contribution in [0.3, 0.4) is 0 Å². The lowest BCUT2D eigenvalue weighted by Crippen LogP contribution is -1.73. The summed E-state index contributed by atoms with van der Waals surface area (Å²) in [7, 11) is 0. The molecule has 1 nitrogen and oxygen atoms in total. The molecule has 0 spiro atoms. The molecule has 1 heterocycles. The van der Waals surface area contributed by atoms with E-state index in [1.54, 1.807) is 0 Å². The first-order valence-electron chi connectivity index (χ1n) is 3.07. The Labute approximate surface area is 50.1 Å². The summed E-state index contributed by atoms with van der Waals surface area (Å²) in [4.78, 5) is 4.06. The van der Waals surface area contributed by atoms with Gasteiger partial charge in [-0.15, -0.1) is 0 Å². The van der Waals surface area contributed by atoms with Crippen LogP contribution in [0.15, 0.2) is 16.8 Å². The fourth-order valence-electron chi connectivity index (χ4n) is 0.791. The third kappa shape index (κ3) is 1.49. The molecule has 1 rings (SSSR count). The quantitative estimate of drug-likeness (QED) is 0.452. The molecule has 0 bridgehead atoms. The summed E-state index contributed by atoms with van der Waals surface area (Å²) in [6.07, 6.45) is 7.57. The Morgan fingerprint density at radius 3 is 3.38 bits per heavy atom. The van der Waals surface area contributed by atoms with Crippen LogP contribution in [0, 0.1) is 0 Å². The second kappa shape index (κ2) is 2.65. The first-order valence-corrected chi connectivity index (χ1v) is 3.07. The lowest BCUT2D eigenvalue weighted by atomic mass is 10.2. The number of nitrogens with zero attached hydrogens (tertiary/aromatic N) is 1. The van der Waals surface area contributed by atoms with Crippen LogP contribution in [-0.4, -0.2) is 6.21 Å². The van der Waals surface area contributed by atoms with E-state index in [2.05, 4.69) is 11.9 Å². The summed E-state index contributed by atoms with van der Waals surface area (Å²) in [5, 5.41) is 0. The summed E-state index contributed by atoms with van der Waals surface area (Å²) in [6.45, 7) is 2.13. The van der Waals surface area contributed by atoms with Gasteiger partial charge in [0.1, 0.15) is 0 Å². The van der Waals surface area contributed by atoms with Crippen molar-refractivity contribution in [3.63, 3.8) is 0 Å². The van der Waals surface area contributed by atoms with E-state index < -0.39 is 0 Å². The van der Waals surface area contributed by atoms with Crippen molar-refractivity contribution in [1.82, 2.24) is 0 Å². The van der Waals surface area contributed by atoms with Crippen molar-refractivity contribution < 1.29 is 0 Å². The van der Waals surface area contributed by atoms with Gasteiger partial charge in [0.05, 0.1) is 0 Å². The van der Waals surface area contributed by atoms with Gasteiger partial charge in [0.2, 0.25) is 0 Å². The highest BCUT2D eigenvalue weighted by molar-refractivity contribution is 5.58. The van der Waals surface area contributed by atoms with Crippen LogP contribution in [0.1, 0.15) is 26.2 Å². The predicted octanol–water partition coefficient (Wildman–Crippen LogP) is 2.14. The normalized spacial score (nSPS) is 19.9. The molecule has 0 amide bonds. The van der Waals surface area contributed by atoms with Gasteiger partial charge in [-0.1, -0.05) is 5.57 Å². The molecule has 0 N–H and O–H groups in total. The van der Waals surface area contributed by atoms with Gasteiger partial charge in [0.25, 0.3) is 0 Å². The van der Waals surface area contributed by atoms with Gasteiger partial charge in [0.15, 0.2) is 0 Å². The van der Waals surface area contributed by atoms with E-state index in [4.69, 9.17) is 0 Å². The highest BCUT2D eigenvalue weighted by Gasteiger charge is 1.91. The van der Waals surface area contributed by atoms with E-state index >= 15 is 0 Å². The molecular formula is C7H11N. The Kier molecular flexibility index (Phi) is 1.84. The first-order chi connectivity index (χ1) is 3.89.